The maximum Gasteiger partial charge on any atom is 0.233 e. The topological polar surface area (TPSA) is 57.3 Å². The third-order valence-electron chi connectivity index (χ3n) is 2.63. The van der Waals surface area contributed by atoms with Gasteiger partial charge in [0.1, 0.15) is 5.82 Å². The van der Waals surface area contributed by atoms with Gasteiger partial charge >= 0.3 is 0 Å². The molecule has 0 atom stereocenters. The molecule has 0 aromatic carbocycles. The summed E-state index contributed by atoms with van der Waals surface area (Å²) in [6.07, 6.45) is 1.02. The average Bonchev–Trinajstić information content (AvgIpc) is 2.39. The molecule has 5 heteroatoms. The molecule has 0 bridgehead atoms. The van der Waals surface area contributed by atoms with E-state index in [-0.39, 0.29) is 5.91 Å². The Kier molecular flexibility index (Phi) is 6.14. The highest BCUT2D eigenvalue weighted by Gasteiger charge is 2.10. The first-order valence-corrected chi connectivity index (χ1v) is 6.26. The second-order valence-corrected chi connectivity index (χ2v) is 4.15. The molecule has 0 aliphatic carbocycles. The number of amides is 1. The molecule has 1 amide bonds. The molecule has 100 valence electrons. The van der Waals surface area contributed by atoms with E-state index in [0.29, 0.717) is 13.1 Å². The molecule has 18 heavy (non-hydrogen) atoms. The van der Waals surface area contributed by atoms with Crippen LogP contribution in [0.3, 0.4) is 0 Å². The summed E-state index contributed by atoms with van der Waals surface area (Å²) in [6, 6.07) is 5.87. The van der Waals surface area contributed by atoms with Gasteiger partial charge in [-0.1, -0.05) is 13.0 Å². The van der Waals surface area contributed by atoms with Crippen molar-refractivity contribution in [3.8, 4) is 0 Å². The largest absolute Gasteiger partial charge is 0.373 e. The van der Waals surface area contributed by atoms with Crippen LogP contribution in [0.5, 0.6) is 0 Å². The molecule has 1 aromatic rings. The van der Waals surface area contributed by atoms with E-state index >= 15 is 0 Å². The Bertz CT molecular complexity index is 381. The number of likely N-dealkylation sites (N-methyl/N-ethyl adjacent to an activating group) is 1. The van der Waals surface area contributed by atoms with E-state index in [1.807, 2.05) is 25.2 Å². The Labute approximate surface area is 109 Å². The minimum atomic E-state index is 0.0354. The highest BCUT2D eigenvalue weighted by atomic mass is 16.1. The van der Waals surface area contributed by atoms with E-state index < -0.39 is 0 Å². The van der Waals surface area contributed by atoms with Crippen LogP contribution in [0.4, 0.5) is 5.82 Å². The maximum absolute atomic E-state index is 11.4. The monoisotopic (exact) mass is 250 g/mol. The quantitative estimate of drug-likeness (QED) is 0.760. The third kappa shape index (κ3) is 4.71. The first-order chi connectivity index (χ1) is 8.69. The number of anilines is 1. The van der Waals surface area contributed by atoms with Crippen molar-refractivity contribution in [2.45, 2.75) is 19.9 Å². The van der Waals surface area contributed by atoms with Gasteiger partial charge in [0.15, 0.2) is 0 Å². The van der Waals surface area contributed by atoms with Gasteiger partial charge in [0.25, 0.3) is 0 Å². The van der Waals surface area contributed by atoms with E-state index in [1.165, 1.54) is 0 Å². The first-order valence-electron chi connectivity index (χ1n) is 6.26. The van der Waals surface area contributed by atoms with Gasteiger partial charge in [-0.05, 0) is 25.1 Å². The lowest BCUT2D eigenvalue weighted by Crippen LogP contribution is -2.35. The number of pyridine rings is 1. The van der Waals surface area contributed by atoms with E-state index in [2.05, 4.69) is 27.4 Å². The van der Waals surface area contributed by atoms with Crippen molar-refractivity contribution in [1.29, 1.82) is 0 Å². The van der Waals surface area contributed by atoms with Crippen LogP contribution < -0.4 is 10.6 Å². The molecule has 0 spiro atoms. The fourth-order valence-corrected chi connectivity index (χ4v) is 1.75. The Morgan fingerprint density at radius 2 is 2.17 bits per heavy atom. The molecule has 1 heterocycles. The Balaban J connectivity index is 2.66. The number of nitrogens with zero attached hydrogens (tertiary/aromatic N) is 2. The van der Waals surface area contributed by atoms with E-state index in [4.69, 9.17) is 0 Å². The summed E-state index contributed by atoms with van der Waals surface area (Å²) in [5, 5.41) is 5.66. The van der Waals surface area contributed by atoms with Crippen LogP contribution in [0, 0.1) is 0 Å². The summed E-state index contributed by atoms with van der Waals surface area (Å²) in [4.78, 5) is 18.0. The molecule has 2 N–H and O–H groups in total. The minimum absolute atomic E-state index is 0.0354. The van der Waals surface area contributed by atoms with Gasteiger partial charge in [0.05, 0.1) is 12.2 Å². The van der Waals surface area contributed by atoms with Crippen LogP contribution in [0.2, 0.25) is 0 Å². The molecule has 0 fully saturated rings. The van der Waals surface area contributed by atoms with Crippen molar-refractivity contribution < 1.29 is 4.79 Å². The normalized spacial score (nSPS) is 10.4. The molecular weight excluding hydrogens is 228 g/mol. The number of hydrogen-bond donors (Lipinski definition) is 2. The van der Waals surface area contributed by atoms with Crippen LogP contribution >= 0.6 is 0 Å². The van der Waals surface area contributed by atoms with Crippen molar-refractivity contribution >= 4 is 11.7 Å². The number of aromatic nitrogens is 1. The molecule has 0 unspecified atom stereocenters. The molecule has 0 aliphatic heterocycles. The predicted octanol–water partition coefficient (Wildman–Crippen LogP) is 1.08. The lowest BCUT2D eigenvalue weighted by Gasteiger charge is -2.20. The number of carbonyl (C=O) groups excluding carboxylic acids is 1. The van der Waals surface area contributed by atoms with Crippen LogP contribution in [-0.4, -0.2) is 43.0 Å². The van der Waals surface area contributed by atoms with Gasteiger partial charge in [-0.15, -0.1) is 0 Å². The van der Waals surface area contributed by atoms with Gasteiger partial charge in [0, 0.05) is 20.6 Å². The van der Waals surface area contributed by atoms with Crippen LogP contribution in [0.25, 0.3) is 0 Å². The van der Waals surface area contributed by atoms with Gasteiger partial charge in [-0.3, -0.25) is 9.69 Å². The highest BCUT2D eigenvalue weighted by molar-refractivity contribution is 5.77. The van der Waals surface area contributed by atoms with Crippen molar-refractivity contribution in [3.63, 3.8) is 0 Å². The van der Waals surface area contributed by atoms with E-state index in [9.17, 15) is 4.79 Å². The zero-order valence-corrected chi connectivity index (χ0v) is 11.4. The smallest absolute Gasteiger partial charge is 0.233 e. The predicted molar refractivity (Wildman–Crippen MR) is 73.4 cm³/mol. The van der Waals surface area contributed by atoms with Gasteiger partial charge < -0.3 is 10.6 Å². The van der Waals surface area contributed by atoms with Gasteiger partial charge in [-0.2, -0.15) is 0 Å². The molecular formula is C13H22N4O. The maximum atomic E-state index is 11.4. The minimum Gasteiger partial charge on any atom is -0.373 e. The standard InChI is InChI=1S/C13H22N4O/c1-4-8-17(10-13(18)15-3)9-11-6-5-7-12(14-2)16-11/h5-7H,4,8-10H2,1-3H3,(H,14,16)(H,15,18). The van der Waals surface area contributed by atoms with Crippen molar-refractivity contribution in [3.05, 3.63) is 23.9 Å². The van der Waals surface area contributed by atoms with Crippen molar-refractivity contribution in [2.24, 2.45) is 0 Å². The third-order valence-corrected chi connectivity index (χ3v) is 2.63. The first kappa shape index (κ1) is 14.4. The summed E-state index contributed by atoms with van der Waals surface area (Å²) in [6.45, 7) is 4.10. The number of hydrogen-bond acceptors (Lipinski definition) is 4. The zero-order valence-electron chi connectivity index (χ0n) is 11.4. The summed E-state index contributed by atoms with van der Waals surface area (Å²) in [7, 11) is 3.51. The summed E-state index contributed by atoms with van der Waals surface area (Å²) in [5.74, 6) is 0.886. The van der Waals surface area contributed by atoms with Crippen LogP contribution in [-0.2, 0) is 11.3 Å². The Morgan fingerprint density at radius 1 is 1.39 bits per heavy atom. The van der Waals surface area contributed by atoms with Gasteiger partial charge in [-0.25, -0.2) is 4.98 Å². The lowest BCUT2D eigenvalue weighted by atomic mass is 10.3. The Morgan fingerprint density at radius 3 is 2.78 bits per heavy atom. The van der Waals surface area contributed by atoms with Crippen LogP contribution in [0.15, 0.2) is 18.2 Å². The fraction of sp³-hybridized carbons (Fsp3) is 0.538. The zero-order chi connectivity index (χ0) is 13.4. The van der Waals surface area contributed by atoms with Crippen LogP contribution in [0.1, 0.15) is 19.0 Å². The van der Waals surface area contributed by atoms with E-state index in [1.54, 1.807) is 7.05 Å². The number of nitrogens with one attached hydrogen (secondary N) is 2. The molecule has 1 aromatic heterocycles. The van der Waals surface area contributed by atoms with Crippen molar-refractivity contribution in [1.82, 2.24) is 15.2 Å². The molecule has 0 aliphatic rings. The fourth-order valence-electron chi connectivity index (χ4n) is 1.75. The summed E-state index contributed by atoms with van der Waals surface area (Å²) in [5.41, 5.74) is 0.971. The molecule has 0 radical (unpaired) electrons. The molecule has 1 rings (SSSR count). The number of rotatable bonds is 7. The second kappa shape index (κ2) is 7.66. The molecule has 0 saturated heterocycles. The average molecular weight is 250 g/mol. The van der Waals surface area contributed by atoms with Crippen molar-refractivity contribution in [2.75, 3.05) is 32.5 Å². The number of carbonyl (C=O) groups is 1. The summed E-state index contributed by atoms with van der Waals surface area (Å²) < 4.78 is 0. The SMILES string of the molecule is CCCN(CC(=O)NC)Cc1cccc(NC)n1. The summed E-state index contributed by atoms with van der Waals surface area (Å²) >= 11 is 0. The highest BCUT2D eigenvalue weighted by Crippen LogP contribution is 2.07. The van der Waals surface area contributed by atoms with Gasteiger partial charge in [0.2, 0.25) is 5.91 Å². The Hall–Kier alpha value is -1.62. The molecule has 0 saturated carbocycles. The van der Waals surface area contributed by atoms with E-state index in [0.717, 1.165) is 24.5 Å². The lowest BCUT2D eigenvalue weighted by molar-refractivity contribution is -0.121. The molecule has 5 nitrogen and oxygen atoms in total. The second-order valence-electron chi connectivity index (χ2n) is 4.15.